The minimum absolute atomic E-state index is 0.178. The second-order valence-corrected chi connectivity index (χ2v) is 8.02. The van der Waals surface area contributed by atoms with Gasteiger partial charge in [-0.25, -0.2) is 23.4 Å². The number of rotatable bonds is 6. The van der Waals surface area contributed by atoms with Gasteiger partial charge in [-0.05, 0) is 69.3 Å². The lowest BCUT2D eigenvalue weighted by Crippen LogP contribution is -2.11. The van der Waals surface area contributed by atoms with Gasteiger partial charge in [-0.1, -0.05) is 0 Å². The van der Waals surface area contributed by atoms with Gasteiger partial charge in [0.1, 0.15) is 17.8 Å². The predicted molar refractivity (Wildman–Crippen MR) is 126 cm³/mol. The van der Waals surface area contributed by atoms with Crippen LogP contribution in [0.3, 0.4) is 0 Å². The molecule has 9 nitrogen and oxygen atoms in total. The summed E-state index contributed by atoms with van der Waals surface area (Å²) in [5.41, 5.74) is 3.41. The summed E-state index contributed by atoms with van der Waals surface area (Å²) in [5, 5.41) is 15.3. The number of nitrogens with zero attached hydrogens (tertiary/aromatic N) is 7. The Labute approximate surface area is 198 Å². The van der Waals surface area contributed by atoms with E-state index < -0.39 is 6.43 Å². The van der Waals surface area contributed by atoms with Crippen molar-refractivity contribution < 1.29 is 13.6 Å². The molecule has 11 heteroatoms. The number of hydrogen-bond acceptors (Lipinski definition) is 7. The monoisotopic (exact) mass is 474 g/mol. The lowest BCUT2D eigenvalue weighted by molar-refractivity contribution is 0.101. The molecule has 1 N–H and O–H groups in total. The van der Waals surface area contributed by atoms with Gasteiger partial charge in [-0.3, -0.25) is 9.36 Å². The molecule has 0 aliphatic rings. The van der Waals surface area contributed by atoms with E-state index in [1.54, 1.807) is 30.0 Å². The highest BCUT2D eigenvalue weighted by molar-refractivity contribution is 5.97. The Morgan fingerprint density at radius 3 is 2.54 bits per heavy atom. The number of carbonyl (C=O) groups is 1. The fraction of sp³-hybridized carbons (Fsp3) is 0.167. The zero-order valence-corrected chi connectivity index (χ0v) is 19.1. The molecule has 0 saturated heterocycles. The number of Topliss-reactive ketones (excluding diaryl/α,β-unsaturated/α-hetero) is 1. The highest BCUT2D eigenvalue weighted by Crippen LogP contribution is 2.26. The number of halogens is 2. The Morgan fingerprint density at radius 1 is 1.03 bits per heavy atom. The van der Waals surface area contributed by atoms with Crippen molar-refractivity contribution in [2.24, 2.45) is 0 Å². The smallest absolute Gasteiger partial charge is 0.282 e. The minimum Gasteiger partial charge on any atom is -0.339 e. The summed E-state index contributed by atoms with van der Waals surface area (Å²) in [6.45, 7) is 4.90. The van der Waals surface area contributed by atoms with Crippen LogP contribution in [-0.4, -0.2) is 40.3 Å². The van der Waals surface area contributed by atoms with Gasteiger partial charge in [0.05, 0.1) is 22.3 Å². The van der Waals surface area contributed by atoms with E-state index in [0.717, 1.165) is 16.9 Å². The van der Waals surface area contributed by atoms with Crippen molar-refractivity contribution in [2.45, 2.75) is 27.2 Å². The van der Waals surface area contributed by atoms with Gasteiger partial charge >= 0.3 is 0 Å². The molecular formula is C24H20F2N8O. The Kier molecular flexibility index (Phi) is 5.51. The van der Waals surface area contributed by atoms with Crippen molar-refractivity contribution in [1.29, 1.82) is 0 Å². The van der Waals surface area contributed by atoms with Crippen LogP contribution in [0.2, 0.25) is 0 Å². The van der Waals surface area contributed by atoms with E-state index in [1.807, 2.05) is 37.3 Å². The normalized spacial score (nSPS) is 11.4. The van der Waals surface area contributed by atoms with Crippen molar-refractivity contribution in [3.63, 3.8) is 0 Å². The van der Waals surface area contributed by atoms with Gasteiger partial charge in [0.25, 0.3) is 6.43 Å². The van der Waals surface area contributed by atoms with E-state index in [0.29, 0.717) is 22.8 Å². The highest BCUT2D eigenvalue weighted by atomic mass is 19.3. The number of carbonyl (C=O) groups excluding carboxylic acids is 1. The molecule has 35 heavy (non-hydrogen) atoms. The molecule has 0 bridgehead atoms. The maximum atomic E-state index is 13.2. The first-order chi connectivity index (χ1) is 16.8. The molecule has 0 radical (unpaired) electrons. The summed E-state index contributed by atoms with van der Waals surface area (Å²) in [6.07, 6.45) is -1.12. The van der Waals surface area contributed by atoms with Crippen LogP contribution < -0.4 is 5.32 Å². The first-order valence-electron chi connectivity index (χ1n) is 10.7. The van der Waals surface area contributed by atoms with Crippen LogP contribution in [0, 0.1) is 13.8 Å². The van der Waals surface area contributed by atoms with Crippen molar-refractivity contribution in [1.82, 2.24) is 34.5 Å². The number of anilines is 2. The number of nitrogens with one attached hydrogen (secondary N) is 1. The van der Waals surface area contributed by atoms with E-state index >= 15 is 0 Å². The number of pyridine rings is 1. The van der Waals surface area contributed by atoms with Gasteiger partial charge in [-0.15, -0.1) is 5.10 Å². The lowest BCUT2D eigenvalue weighted by atomic mass is 10.2. The largest absolute Gasteiger partial charge is 0.339 e. The van der Waals surface area contributed by atoms with Gasteiger partial charge in [0, 0.05) is 11.4 Å². The average molecular weight is 474 g/mol. The van der Waals surface area contributed by atoms with Crippen LogP contribution in [-0.2, 0) is 0 Å². The molecular weight excluding hydrogens is 454 g/mol. The van der Waals surface area contributed by atoms with E-state index in [2.05, 4.69) is 30.6 Å². The maximum absolute atomic E-state index is 13.2. The van der Waals surface area contributed by atoms with E-state index in [9.17, 15) is 13.6 Å². The zero-order chi connectivity index (χ0) is 24.7. The van der Waals surface area contributed by atoms with Gasteiger partial charge in [0.2, 0.25) is 0 Å². The molecule has 0 saturated carbocycles. The SMILES string of the molecule is CC(=O)c1ccc(-n2cnc3cc(Nc4ccc(C)nn4)ccc32)nc1-n1nc(C(F)F)cc1C. The summed E-state index contributed by atoms with van der Waals surface area (Å²) >= 11 is 0. The highest BCUT2D eigenvalue weighted by Gasteiger charge is 2.20. The van der Waals surface area contributed by atoms with Crippen LogP contribution in [0.1, 0.15) is 40.8 Å². The molecule has 0 amide bonds. The predicted octanol–water partition coefficient (Wildman–Crippen LogP) is 4.90. The molecule has 0 fully saturated rings. The number of aromatic nitrogens is 7. The number of aryl methyl sites for hydroxylation is 2. The molecule has 0 atom stereocenters. The van der Waals surface area contributed by atoms with Gasteiger partial charge < -0.3 is 5.32 Å². The quantitative estimate of drug-likeness (QED) is 0.349. The number of fused-ring (bicyclic) bond motifs is 1. The molecule has 0 aliphatic heterocycles. The number of benzene rings is 1. The first kappa shape index (κ1) is 22.3. The fourth-order valence-corrected chi connectivity index (χ4v) is 3.71. The summed E-state index contributed by atoms with van der Waals surface area (Å²) < 4.78 is 29.4. The minimum atomic E-state index is -2.73. The molecule has 5 rings (SSSR count). The number of imidazole rings is 1. The van der Waals surface area contributed by atoms with Gasteiger partial charge in [0.15, 0.2) is 17.4 Å². The Hall–Kier alpha value is -4.54. The Balaban J connectivity index is 1.55. The van der Waals surface area contributed by atoms with E-state index in [4.69, 9.17) is 0 Å². The third-order valence-electron chi connectivity index (χ3n) is 5.43. The third-order valence-corrected chi connectivity index (χ3v) is 5.43. The average Bonchev–Trinajstić information content (AvgIpc) is 3.43. The molecule has 1 aromatic carbocycles. The van der Waals surface area contributed by atoms with Crippen LogP contribution in [0.15, 0.2) is 54.9 Å². The van der Waals surface area contributed by atoms with Crippen molar-refractivity contribution in [3.05, 3.63) is 77.5 Å². The standard InChI is InChI=1S/C24H20F2N8O/c1-13-4-8-21(31-30-13)28-16-5-7-20-18(11-16)27-12-33(20)22-9-6-17(15(3)35)24(29-22)34-14(2)10-19(32-34)23(25)26/h4-12,23H,1-3H3,(H,28,31). The summed E-state index contributed by atoms with van der Waals surface area (Å²) in [6, 6.07) is 13.9. The summed E-state index contributed by atoms with van der Waals surface area (Å²) in [7, 11) is 0. The molecule has 176 valence electrons. The molecule has 0 aliphatic carbocycles. The van der Waals surface area contributed by atoms with Crippen LogP contribution in [0.25, 0.3) is 22.7 Å². The summed E-state index contributed by atoms with van der Waals surface area (Å²) in [4.78, 5) is 21.3. The first-order valence-corrected chi connectivity index (χ1v) is 10.7. The maximum Gasteiger partial charge on any atom is 0.282 e. The lowest BCUT2D eigenvalue weighted by Gasteiger charge is -2.12. The van der Waals surface area contributed by atoms with Crippen molar-refractivity contribution in [3.8, 4) is 11.6 Å². The second-order valence-electron chi connectivity index (χ2n) is 8.02. The molecule has 4 aromatic heterocycles. The van der Waals surface area contributed by atoms with Crippen LogP contribution in [0.5, 0.6) is 0 Å². The molecule has 4 heterocycles. The van der Waals surface area contributed by atoms with Gasteiger partial charge in [-0.2, -0.15) is 10.2 Å². The molecule has 5 aromatic rings. The summed E-state index contributed by atoms with van der Waals surface area (Å²) in [5.74, 6) is 1.000. The number of ketones is 1. The van der Waals surface area contributed by atoms with E-state index in [-0.39, 0.29) is 22.9 Å². The Morgan fingerprint density at radius 2 is 1.86 bits per heavy atom. The van der Waals surface area contributed by atoms with Crippen molar-refractivity contribution in [2.75, 3.05) is 5.32 Å². The van der Waals surface area contributed by atoms with E-state index in [1.165, 1.54) is 17.7 Å². The Bertz CT molecular complexity index is 1560. The molecule has 0 spiro atoms. The van der Waals surface area contributed by atoms with Crippen LogP contribution >= 0.6 is 0 Å². The zero-order valence-electron chi connectivity index (χ0n) is 19.1. The fourth-order valence-electron chi connectivity index (χ4n) is 3.71. The second kappa shape index (κ2) is 8.67. The molecule has 0 unspecified atom stereocenters. The van der Waals surface area contributed by atoms with Crippen LogP contribution in [0.4, 0.5) is 20.3 Å². The number of alkyl halides is 2. The number of hydrogen-bond donors (Lipinski definition) is 1. The third kappa shape index (κ3) is 4.23. The van der Waals surface area contributed by atoms with Crippen molar-refractivity contribution >= 4 is 28.3 Å². The topological polar surface area (TPSA) is 103 Å².